The van der Waals surface area contributed by atoms with Gasteiger partial charge in [0.05, 0.1) is 32.2 Å². The Balaban J connectivity index is 2.10. The van der Waals surface area contributed by atoms with E-state index in [1.165, 1.54) is 55.5 Å². The predicted octanol–water partition coefficient (Wildman–Crippen LogP) is 4.92. The summed E-state index contributed by atoms with van der Waals surface area (Å²) in [6.07, 6.45) is 0. The molecule has 10 nitrogen and oxygen atoms in total. The quantitative estimate of drug-likeness (QED) is 0.299. The first-order chi connectivity index (χ1) is 16.1. The Labute approximate surface area is 207 Å². The second-order valence-electron chi connectivity index (χ2n) is 8.63. The van der Waals surface area contributed by atoms with Gasteiger partial charge in [-0.25, -0.2) is 21.6 Å². The maximum absolute atomic E-state index is 12.5. The Kier molecular flexibility index (Phi) is 7.23. The van der Waals surface area contributed by atoms with Gasteiger partial charge >= 0.3 is 0 Å². The average Bonchev–Trinajstić information content (AvgIpc) is 2.70. The molecule has 0 fully saturated rings. The Bertz CT molecular complexity index is 1550. The molecule has 3 N–H and O–H groups in total. The molecule has 3 rings (SSSR count). The molecule has 13 heteroatoms. The van der Waals surface area contributed by atoms with Gasteiger partial charge in [-0.1, -0.05) is 0 Å². The Hall–Kier alpha value is -3.06. The molecule has 0 bridgehead atoms. The number of nitrogens with zero attached hydrogens (tertiary/aromatic N) is 2. The van der Waals surface area contributed by atoms with Gasteiger partial charge < -0.3 is 10.4 Å². The van der Waals surface area contributed by atoms with Crippen LogP contribution in [-0.4, -0.2) is 33.4 Å². The van der Waals surface area contributed by atoms with E-state index in [0.717, 1.165) is 0 Å². The third kappa shape index (κ3) is 6.34. The van der Waals surface area contributed by atoms with E-state index >= 15 is 0 Å². The number of nitrogens with one attached hydrogen (secondary N) is 2. The van der Waals surface area contributed by atoms with Gasteiger partial charge in [0.15, 0.2) is 0 Å². The largest absolute Gasteiger partial charge is 0.507 e. The zero-order valence-electron chi connectivity index (χ0n) is 19.2. The lowest BCUT2D eigenvalue weighted by atomic mass is 10.1. The molecule has 1 amide bonds. The summed E-state index contributed by atoms with van der Waals surface area (Å²) >= 11 is 0. The van der Waals surface area contributed by atoms with E-state index in [1.807, 2.05) is 0 Å². The zero-order valence-corrected chi connectivity index (χ0v) is 21.6. The number of rotatable bonds is 6. The summed E-state index contributed by atoms with van der Waals surface area (Å²) in [6.45, 7) is 6.44. The van der Waals surface area contributed by atoms with E-state index < -0.39 is 30.5 Å². The highest BCUT2D eigenvalue weighted by molar-refractivity contribution is 8.14. The number of anilines is 1. The number of carbonyl (C=O) groups is 1. The molecule has 0 atom stereocenters. The summed E-state index contributed by atoms with van der Waals surface area (Å²) in [5.74, 6) is -0.735. The predicted molar refractivity (Wildman–Crippen MR) is 134 cm³/mol. The van der Waals surface area contributed by atoms with Gasteiger partial charge in [0, 0.05) is 28.5 Å². The number of amides is 1. The van der Waals surface area contributed by atoms with Gasteiger partial charge in [0.25, 0.3) is 9.05 Å². The molecule has 0 unspecified atom stereocenters. The van der Waals surface area contributed by atoms with Crippen molar-refractivity contribution < 1.29 is 26.7 Å². The number of benzene rings is 3. The van der Waals surface area contributed by atoms with E-state index in [2.05, 4.69) is 20.3 Å². The normalized spacial score (nSPS) is 12.8. The molecule has 0 aliphatic heterocycles. The van der Waals surface area contributed by atoms with Crippen LogP contribution in [0.5, 0.6) is 5.75 Å². The van der Waals surface area contributed by atoms with Crippen molar-refractivity contribution in [3.05, 3.63) is 48.5 Å². The summed E-state index contributed by atoms with van der Waals surface area (Å²) in [6, 6.07) is 10.7. The van der Waals surface area contributed by atoms with E-state index in [0.29, 0.717) is 0 Å². The molecule has 0 heterocycles. The number of sulfonamides is 1. The third-order valence-electron chi connectivity index (χ3n) is 4.51. The fourth-order valence-electron chi connectivity index (χ4n) is 3.27. The molecule has 0 spiro atoms. The number of carbonyl (C=O) groups excluding carboxylic acids is 1. The molecular weight excluding hydrogens is 516 g/mol. The van der Waals surface area contributed by atoms with Crippen LogP contribution in [-0.2, 0) is 23.9 Å². The van der Waals surface area contributed by atoms with Gasteiger partial charge in [0.2, 0.25) is 15.9 Å². The van der Waals surface area contributed by atoms with Crippen molar-refractivity contribution in [1.82, 2.24) is 4.72 Å². The maximum atomic E-state index is 12.5. The first-order valence-electron chi connectivity index (χ1n) is 10.2. The van der Waals surface area contributed by atoms with Crippen LogP contribution in [0.2, 0.25) is 0 Å². The molecule has 0 saturated carbocycles. The number of phenols is 1. The minimum absolute atomic E-state index is 0.0214. The first-order valence-corrected chi connectivity index (χ1v) is 13.9. The van der Waals surface area contributed by atoms with Crippen LogP contribution in [0.3, 0.4) is 0 Å². The number of azo groups is 1. The average molecular weight is 539 g/mol. The van der Waals surface area contributed by atoms with Crippen LogP contribution in [0.15, 0.2) is 68.6 Å². The minimum atomic E-state index is -4.26. The van der Waals surface area contributed by atoms with Crippen molar-refractivity contribution in [3.8, 4) is 5.75 Å². The highest BCUT2D eigenvalue weighted by atomic mass is 35.7. The number of hydrogen-bond donors (Lipinski definition) is 3. The minimum Gasteiger partial charge on any atom is -0.507 e. The van der Waals surface area contributed by atoms with Gasteiger partial charge in [-0.15, -0.1) is 5.11 Å². The van der Waals surface area contributed by atoms with Crippen molar-refractivity contribution in [1.29, 1.82) is 0 Å². The topological polar surface area (TPSA) is 154 Å². The second kappa shape index (κ2) is 9.53. The van der Waals surface area contributed by atoms with Crippen LogP contribution < -0.4 is 10.0 Å². The molecular formula is C22H23ClN4O6S2. The van der Waals surface area contributed by atoms with Gasteiger partial charge in [-0.05, 0) is 69.3 Å². The molecule has 3 aromatic carbocycles. The molecule has 0 saturated heterocycles. The molecule has 0 radical (unpaired) electrons. The van der Waals surface area contributed by atoms with Gasteiger partial charge in [-0.2, -0.15) is 5.11 Å². The molecule has 3 aromatic rings. The fraction of sp³-hybridized carbons (Fsp3) is 0.227. The smallest absolute Gasteiger partial charge is 0.262 e. The summed E-state index contributed by atoms with van der Waals surface area (Å²) < 4.78 is 51.9. The highest BCUT2D eigenvalue weighted by Gasteiger charge is 2.23. The van der Waals surface area contributed by atoms with Crippen LogP contribution in [0.25, 0.3) is 10.8 Å². The molecule has 186 valence electrons. The third-order valence-corrected chi connectivity index (χ3v) is 7.65. The van der Waals surface area contributed by atoms with Crippen LogP contribution in [0, 0.1) is 0 Å². The van der Waals surface area contributed by atoms with Crippen LogP contribution in [0.4, 0.5) is 17.1 Å². The number of fused-ring (bicyclic) bond motifs is 1. The van der Waals surface area contributed by atoms with E-state index in [-0.39, 0.29) is 43.4 Å². The van der Waals surface area contributed by atoms with E-state index in [1.54, 1.807) is 20.8 Å². The lowest BCUT2D eigenvalue weighted by molar-refractivity contribution is -0.114. The fourth-order valence-corrected chi connectivity index (χ4v) is 5.76. The molecule has 0 aliphatic carbocycles. The van der Waals surface area contributed by atoms with Crippen molar-refractivity contribution >= 4 is 63.5 Å². The second-order valence-corrected chi connectivity index (χ2v) is 12.9. The van der Waals surface area contributed by atoms with E-state index in [4.69, 9.17) is 10.7 Å². The van der Waals surface area contributed by atoms with Crippen molar-refractivity contribution in [2.24, 2.45) is 10.2 Å². The number of halogens is 1. The van der Waals surface area contributed by atoms with E-state index in [9.17, 15) is 26.7 Å². The van der Waals surface area contributed by atoms with Crippen LogP contribution in [0.1, 0.15) is 27.7 Å². The van der Waals surface area contributed by atoms with Gasteiger partial charge in [0.1, 0.15) is 5.75 Å². The number of aromatic hydroxyl groups is 1. The Morgan fingerprint density at radius 1 is 0.914 bits per heavy atom. The van der Waals surface area contributed by atoms with Gasteiger partial charge in [-0.3, -0.25) is 4.79 Å². The Morgan fingerprint density at radius 3 is 2.09 bits per heavy atom. The molecule has 0 aromatic heterocycles. The SMILES string of the molecule is CC(=O)Nc1ccc(S(=O)(=O)Cl)c2c(N=Nc3ccc(S(=O)(=O)NC(C)(C)C)cc3)ccc(O)c12. The summed E-state index contributed by atoms with van der Waals surface area (Å²) in [5, 5.41) is 21.1. The Morgan fingerprint density at radius 2 is 1.54 bits per heavy atom. The summed E-state index contributed by atoms with van der Waals surface area (Å²) in [7, 11) is -2.39. The van der Waals surface area contributed by atoms with Crippen LogP contribution >= 0.6 is 10.7 Å². The standard InChI is InChI=1S/C22H23ClN4O6S2/c1-13(28)24-16-10-12-19(34(23,30)31)21-17(9-11-18(29)20(16)21)26-25-14-5-7-15(8-6-14)35(32,33)27-22(2,3)4/h5-12,27,29H,1-4H3,(H,24,28). The van der Waals surface area contributed by atoms with Crippen molar-refractivity contribution in [3.63, 3.8) is 0 Å². The van der Waals surface area contributed by atoms with Crippen molar-refractivity contribution in [2.45, 2.75) is 43.0 Å². The molecule has 35 heavy (non-hydrogen) atoms. The maximum Gasteiger partial charge on any atom is 0.262 e. The number of hydrogen-bond acceptors (Lipinski definition) is 8. The summed E-state index contributed by atoms with van der Waals surface area (Å²) in [4.78, 5) is 11.3. The highest BCUT2D eigenvalue weighted by Crippen LogP contribution is 2.42. The zero-order chi connectivity index (χ0) is 26.2. The molecule has 0 aliphatic rings. The monoisotopic (exact) mass is 538 g/mol. The lowest BCUT2D eigenvalue weighted by Gasteiger charge is -2.20. The number of phenolic OH excluding ortho intramolecular Hbond substituents is 1. The first kappa shape index (κ1) is 26.5. The van der Waals surface area contributed by atoms with Crippen molar-refractivity contribution in [2.75, 3.05) is 5.32 Å². The lowest BCUT2D eigenvalue weighted by Crippen LogP contribution is -2.40. The summed E-state index contributed by atoms with van der Waals surface area (Å²) in [5.41, 5.74) is -0.162.